The van der Waals surface area contributed by atoms with Gasteiger partial charge in [-0.05, 0) is 18.4 Å². The van der Waals surface area contributed by atoms with Crippen LogP contribution in [0.1, 0.15) is 12.8 Å². The van der Waals surface area contributed by atoms with Gasteiger partial charge >= 0.3 is 0 Å². The summed E-state index contributed by atoms with van der Waals surface area (Å²) in [4.78, 5) is 6.10. The Morgan fingerprint density at radius 3 is 2.17 bits per heavy atom. The molecule has 2 aromatic carbocycles. The molecule has 0 radical (unpaired) electrons. The number of hydrogen-bond acceptors (Lipinski definition) is 4. The highest BCUT2D eigenvalue weighted by Gasteiger charge is 2.14. The minimum Gasteiger partial charge on any atom is -0.396 e. The Morgan fingerprint density at radius 1 is 0.870 bits per heavy atom. The van der Waals surface area contributed by atoms with Gasteiger partial charge in [-0.1, -0.05) is 72.4 Å². The van der Waals surface area contributed by atoms with Gasteiger partial charge in [-0.25, -0.2) is 4.98 Å². The molecule has 4 heteroatoms. The van der Waals surface area contributed by atoms with Crippen LogP contribution in [0.15, 0.2) is 65.0 Å². The molecule has 3 rings (SSSR count). The van der Waals surface area contributed by atoms with Crippen LogP contribution in [0.4, 0.5) is 0 Å². The molecule has 3 aromatic rings. The third kappa shape index (κ3) is 4.22. The van der Waals surface area contributed by atoms with E-state index in [4.69, 9.17) is 10.1 Å². The van der Waals surface area contributed by atoms with E-state index < -0.39 is 0 Å². The second-order valence-electron chi connectivity index (χ2n) is 5.17. The highest BCUT2D eigenvalue weighted by atomic mass is 32.2. The number of unbranched alkanes of at least 4 members (excludes halogenated alkanes) is 1. The van der Waals surface area contributed by atoms with Crippen LogP contribution in [-0.2, 0) is 0 Å². The Bertz CT molecular complexity index is 669. The van der Waals surface area contributed by atoms with Crippen molar-refractivity contribution in [2.45, 2.75) is 17.2 Å². The first-order valence-corrected chi connectivity index (χ1v) is 9.54. The lowest BCUT2D eigenvalue weighted by atomic mass is 10.1. The van der Waals surface area contributed by atoms with Crippen molar-refractivity contribution in [3.05, 3.63) is 60.7 Å². The zero-order chi connectivity index (χ0) is 15.9. The van der Waals surface area contributed by atoms with E-state index in [9.17, 15) is 0 Å². The van der Waals surface area contributed by atoms with Gasteiger partial charge in [0.2, 0.25) is 0 Å². The molecule has 1 heterocycles. The van der Waals surface area contributed by atoms with E-state index in [1.54, 1.807) is 23.1 Å². The SMILES string of the molecule is OCCCCSc1nc(-c2ccccc2)c(-c2ccccc2)s1. The quantitative estimate of drug-likeness (QED) is 0.465. The van der Waals surface area contributed by atoms with Gasteiger partial charge in [-0.15, -0.1) is 11.3 Å². The Kier molecular flexibility index (Phi) is 5.86. The molecule has 0 aliphatic heterocycles. The number of thioether (sulfide) groups is 1. The summed E-state index contributed by atoms with van der Waals surface area (Å²) < 4.78 is 1.10. The molecule has 0 aliphatic carbocycles. The summed E-state index contributed by atoms with van der Waals surface area (Å²) in [6, 6.07) is 20.8. The fraction of sp³-hybridized carbons (Fsp3) is 0.211. The lowest BCUT2D eigenvalue weighted by Crippen LogP contribution is -1.85. The van der Waals surface area contributed by atoms with E-state index in [2.05, 4.69) is 48.5 Å². The van der Waals surface area contributed by atoms with E-state index in [0.29, 0.717) is 0 Å². The van der Waals surface area contributed by atoms with Gasteiger partial charge in [0.15, 0.2) is 4.34 Å². The molecule has 23 heavy (non-hydrogen) atoms. The van der Waals surface area contributed by atoms with Crippen molar-refractivity contribution >= 4 is 23.1 Å². The molecular weight excluding hydrogens is 322 g/mol. The van der Waals surface area contributed by atoms with Crippen molar-refractivity contribution in [1.29, 1.82) is 0 Å². The summed E-state index contributed by atoms with van der Waals surface area (Å²) in [7, 11) is 0. The summed E-state index contributed by atoms with van der Waals surface area (Å²) in [5.41, 5.74) is 3.43. The number of aliphatic hydroxyl groups excluding tert-OH is 1. The fourth-order valence-electron chi connectivity index (χ4n) is 2.31. The summed E-state index contributed by atoms with van der Waals surface area (Å²) in [5, 5.41) is 8.89. The largest absolute Gasteiger partial charge is 0.396 e. The Hall–Kier alpha value is -1.62. The molecule has 0 atom stereocenters. The number of nitrogens with zero attached hydrogens (tertiary/aromatic N) is 1. The average Bonchev–Trinajstić information content (AvgIpc) is 3.05. The maximum atomic E-state index is 8.89. The van der Waals surface area contributed by atoms with Crippen molar-refractivity contribution < 1.29 is 5.11 Å². The van der Waals surface area contributed by atoms with Crippen LogP contribution in [-0.4, -0.2) is 22.5 Å². The van der Waals surface area contributed by atoms with Crippen molar-refractivity contribution in [3.63, 3.8) is 0 Å². The zero-order valence-corrected chi connectivity index (χ0v) is 14.4. The van der Waals surface area contributed by atoms with Crippen molar-refractivity contribution in [3.8, 4) is 21.7 Å². The van der Waals surface area contributed by atoms with Crippen molar-refractivity contribution in [1.82, 2.24) is 4.98 Å². The first-order valence-electron chi connectivity index (χ1n) is 7.74. The maximum Gasteiger partial charge on any atom is 0.151 e. The fourth-order valence-corrected chi connectivity index (χ4v) is 4.55. The molecule has 1 aromatic heterocycles. The van der Waals surface area contributed by atoms with Crippen molar-refractivity contribution in [2.75, 3.05) is 12.4 Å². The number of hydrogen-bond donors (Lipinski definition) is 1. The predicted molar refractivity (Wildman–Crippen MR) is 100 cm³/mol. The molecule has 0 unspecified atom stereocenters. The smallest absolute Gasteiger partial charge is 0.151 e. The molecule has 0 spiro atoms. The number of rotatable bonds is 7. The molecule has 118 valence electrons. The van der Waals surface area contributed by atoms with Crippen molar-refractivity contribution in [2.24, 2.45) is 0 Å². The first-order chi connectivity index (χ1) is 11.4. The number of thiazole rings is 1. The zero-order valence-electron chi connectivity index (χ0n) is 12.8. The highest BCUT2D eigenvalue weighted by molar-refractivity contribution is 8.01. The summed E-state index contributed by atoms with van der Waals surface area (Å²) in [6.07, 6.45) is 1.87. The van der Waals surface area contributed by atoms with Crippen LogP contribution in [0.5, 0.6) is 0 Å². The predicted octanol–water partition coefficient (Wildman–Crippen LogP) is 5.34. The molecule has 0 fully saturated rings. The van der Waals surface area contributed by atoms with Crippen LogP contribution in [0.25, 0.3) is 21.7 Å². The molecule has 0 saturated carbocycles. The third-order valence-corrected chi connectivity index (χ3v) is 5.80. The van der Waals surface area contributed by atoms with Crippen LogP contribution >= 0.6 is 23.1 Å². The van der Waals surface area contributed by atoms with E-state index in [1.807, 2.05) is 12.1 Å². The van der Waals surface area contributed by atoms with Gasteiger partial charge in [0.25, 0.3) is 0 Å². The summed E-state index contributed by atoms with van der Waals surface area (Å²) in [6.45, 7) is 0.267. The van der Waals surface area contributed by atoms with E-state index >= 15 is 0 Å². The standard InChI is InChI=1S/C19H19NOS2/c21-13-7-8-14-22-19-20-17(15-9-3-1-4-10-15)18(23-19)16-11-5-2-6-12-16/h1-6,9-12,21H,7-8,13-14H2. The first kappa shape index (κ1) is 16.2. The molecule has 0 aliphatic rings. The van der Waals surface area contributed by atoms with Crippen LogP contribution < -0.4 is 0 Å². The Balaban J connectivity index is 1.91. The van der Waals surface area contributed by atoms with E-state index in [0.717, 1.165) is 34.2 Å². The molecule has 0 saturated heterocycles. The van der Waals surface area contributed by atoms with Crippen LogP contribution in [0.2, 0.25) is 0 Å². The minimum atomic E-state index is 0.267. The average molecular weight is 342 g/mol. The van der Waals surface area contributed by atoms with Crippen LogP contribution in [0.3, 0.4) is 0 Å². The molecule has 0 bridgehead atoms. The molecule has 2 nitrogen and oxygen atoms in total. The number of aliphatic hydroxyl groups is 1. The number of benzene rings is 2. The lowest BCUT2D eigenvalue weighted by molar-refractivity contribution is 0.287. The topological polar surface area (TPSA) is 33.1 Å². The molecular formula is C19H19NOS2. The van der Waals surface area contributed by atoms with E-state index in [1.165, 1.54) is 10.4 Å². The van der Waals surface area contributed by atoms with Gasteiger partial charge in [0, 0.05) is 17.9 Å². The van der Waals surface area contributed by atoms with E-state index in [-0.39, 0.29) is 6.61 Å². The Morgan fingerprint density at radius 2 is 1.52 bits per heavy atom. The van der Waals surface area contributed by atoms with Gasteiger partial charge in [-0.2, -0.15) is 0 Å². The normalized spacial score (nSPS) is 10.8. The van der Waals surface area contributed by atoms with Gasteiger partial charge < -0.3 is 5.11 Å². The van der Waals surface area contributed by atoms with Gasteiger partial charge in [-0.3, -0.25) is 0 Å². The molecule has 1 N–H and O–H groups in total. The number of aromatic nitrogens is 1. The van der Waals surface area contributed by atoms with Gasteiger partial charge in [0.05, 0.1) is 10.6 Å². The second kappa shape index (κ2) is 8.29. The second-order valence-corrected chi connectivity index (χ2v) is 7.51. The maximum absolute atomic E-state index is 8.89. The Labute approximate surface area is 145 Å². The highest BCUT2D eigenvalue weighted by Crippen LogP contribution is 2.40. The summed E-state index contributed by atoms with van der Waals surface area (Å²) in [5.74, 6) is 0.997. The minimum absolute atomic E-state index is 0.267. The monoisotopic (exact) mass is 341 g/mol. The molecule has 0 amide bonds. The lowest BCUT2D eigenvalue weighted by Gasteiger charge is -2.02. The van der Waals surface area contributed by atoms with Crippen LogP contribution in [0, 0.1) is 0 Å². The van der Waals surface area contributed by atoms with Gasteiger partial charge in [0.1, 0.15) is 0 Å². The third-order valence-electron chi connectivity index (χ3n) is 3.47. The summed E-state index contributed by atoms with van der Waals surface area (Å²) >= 11 is 3.54.